The van der Waals surface area contributed by atoms with Crippen LogP contribution < -0.4 is 0 Å². The van der Waals surface area contributed by atoms with Gasteiger partial charge in [-0.3, -0.25) is 14.9 Å². The molecule has 0 fully saturated rings. The van der Waals surface area contributed by atoms with Crippen LogP contribution in [0.25, 0.3) is 0 Å². The molecule has 0 atom stereocenters. The Bertz CT molecular complexity index is 825. The first kappa shape index (κ1) is 15.8. The topological polar surface area (TPSA) is 94.3 Å². The van der Waals surface area contributed by atoms with Crippen LogP contribution in [0.15, 0.2) is 53.4 Å². The Morgan fingerprint density at radius 1 is 1.14 bits per heavy atom. The summed E-state index contributed by atoms with van der Waals surface area (Å²) in [6.45, 7) is 1.82. The summed E-state index contributed by atoms with van der Waals surface area (Å²) in [7, 11) is -3.78. The second kappa shape index (κ2) is 6.07. The minimum atomic E-state index is -3.78. The second-order valence-electron chi connectivity index (χ2n) is 4.80. The highest BCUT2D eigenvalue weighted by atomic mass is 32.2. The third-order valence-corrected chi connectivity index (χ3v) is 4.71. The molecule has 0 aromatic heterocycles. The zero-order chi connectivity index (χ0) is 16.3. The number of carbonyl (C=O) groups is 1. The van der Waals surface area contributed by atoms with Crippen molar-refractivity contribution in [3.05, 3.63) is 69.8 Å². The lowest BCUT2D eigenvalue weighted by atomic mass is 10.1. The van der Waals surface area contributed by atoms with E-state index in [4.69, 9.17) is 0 Å². The van der Waals surface area contributed by atoms with E-state index in [-0.39, 0.29) is 16.1 Å². The van der Waals surface area contributed by atoms with E-state index in [1.807, 2.05) is 6.92 Å². The van der Waals surface area contributed by atoms with Gasteiger partial charge < -0.3 is 0 Å². The molecular weight excluding hydrogens is 306 g/mol. The van der Waals surface area contributed by atoms with E-state index in [0.717, 1.165) is 11.6 Å². The monoisotopic (exact) mass is 319 g/mol. The number of hydrogen-bond acceptors (Lipinski definition) is 5. The number of rotatable bonds is 5. The highest BCUT2D eigenvalue weighted by Crippen LogP contribution is 2.17. The molecule has 0 bridgehead atoms. The molecule has 0 spiro atoms. The van der Waals surface area contributed by atoms with Gasteiger partial charge in [0.2, 0.25) is 0 Å². The normalized spacial score (nSPS) is 11.1. The number of nitrogens with zero attached hydrogens (tertiary/aromatic N) is 1. The first-order valence-electron chi connectivity index (χ1n) is 6.37. The number of hydrogen-bond donors (Lipinski definition) is 0. The van der Waals surface area contributed by atoms with Crippen molar-refractivity contribution in [2.24, 2.45) is 0 Å². The fraction of sp³-hybridized carbons (Fsp3) is 0.133. The maximum absolute atomic E-state index is 12.2. The van der Waals surface area contributed by atoms with Crippen LogP contribution in [-0.2, 0) is 9.84 Å². The van der Waals surface area contributed by atoms with Crippen molar-refractivity contribution >= 4 is 21.3 Å². The van der Waals surface area contributed by atoms with Gasteiger partial charge in [0.15, 0.2) is 15.6 Å². The van der Waals surface area contributed by atoms with Gasteiger partial charge in [0, 0.05) is 17.7 Å². The quantitative estimate of drug-likeness (QED) is 0.479. The zero-order valence-corrected chi connectivity index (χ0v) is 12.5. The Morgan fingerprint density at radius 2 is 1.77 bits per heavy atom. The van der Waals surface area contributed by atoms with Crippen molar-refractivity contribution in [1.82, 2.24) is 0 Å². The minimum absolute atomic E-state index is 0.00452. The maximum Gasteiger partial charge on any atom is 0.270 e. The molecule has 0 aliphatic heterocycles. The van der Waals surface area contributed by atoms with Crippen molar-refractivity contribution in [1.29, 1.82) is 0 Å². The molecule has 0 saturated carbocycles. The van der Waals surface area contributed by atoms with Crippen LogP contribution in [0, 0.1) is 17.0 Å². The summed E-state index contributed by atoms with van der Waals surface area (Å²) in [5.74, 6) is -1.40. The molecule has 0 heterocycles. The lowest BCUT2D eigenvalue weighted by Gasteiger charge is -2.05. The summed E-state index contributed by atoms with van der Waals surface area (Å²) in [4.78, 5) is 22.2. The predicted molar refractivity (Wildman–Crippen MR) is 80.7 cm³/mol. The summed E-state index contributed by atoms with van der Waals surface area (Å²) in [6.07, 6.45) is 0. The van der Waals surface area contributed by atoms with Crippen molar-refractivity contribution in [2.75, 3.05) is 5.75 Å². The molecule has 0 saturated heterocycles. The van der Waals surface area contributed by atoms with Crippen LogP contribution in [0.1, 0.15) is 15.9 Å². The van der Waals surface area contributed by atoms with Gasteiger partial charge in [-0.05, 0) is 19.1 Å². The number of carbonyl (C=O) groups excluding carboxylic acids is 1. The Labute approximate surface area is 127 Å². The van der Waals surface area contributed by atoms with Crippen molar-refractivity contribution < 1.29 is 18.1 Å². The van der Waals surface area contributed by atoms with E-state index < -0.39 is 26.3 Å². The Morgan fingerprint density at radius 3 is 2.36 bits per heavy atom. The summed E-state index contributed by atoms with van der Waals surface area (Å²) >= 11 is 0. The second-order valence-corrected chi connectivity index (χ2v) is 6.79. The van der Waals surface area contributed by atoms with Gasteiger partial charge in [0.25, 0.3) is 5.69 Å². The lowest BCUT2D eigenvalue weighted by Crippen LogP contribution is -2.16. The number of aryl methyl sites for hydroxylation is 1. The third kappa shape index (κ3) is 3.56. The van der Waals surface area contributed by atoms with Crippen LogP contribution in [0.4, 0.5) is 5.69 Å². The highest BCUT2D eigenvalue weighted by molar-refractivity contribution is 7.92. The lowest BCUT2D eigenvalue weighted by molar-refractivity contribution is -0.384. The molecule has 0 aliphatic rings. The zero-order valence-electron chi connectivity index (χ0n) is 11.7. The predicted octanol–water partition coefficient (Wildman–Crippen LogP) is 2.56. The first-order chi connectivity index (χ1) is 10.3. The van der Waals surface area contributed by atoms with Crippen molar-refractivity contribution in [3.63, 3.8) is 0 Å². The number of sulfone groups is 1. The SMILES string of the molecule is Cc1ccc(S(=O)(=O)CC(=O)c2cccc([N+](=O)[O-])c2)cc1. The van der Waals surface area contributed by atoms with Crippen LogP contribution in [0.2, 0.25) is 0 Å². The van der Waals surface area contributed by atoms with E-state index in [1.165, 1.54) is 30.3 Å². The van der Waals surface area contributed by atoms with E-state index in [9.17, 15) is 23.3 Å². The molecule has 7 heteroatoms. The van der Waals surface area contributed by atoms with Gasteiger partial charge in [-0.15, -0.1) is 0 Å². The van der Waals surface area contributed by atoms with Gasteiger partial charge in [-0.25, -0.2) is 8.42 Å². The van der Waals surface area contributed by atoms with Crippen LogP contribution in [-0.4, -0.2) is 24.9 Å². The third-order valence-electron chi connectivity index (χ3n) is 3.08. The largest absolute Gasteiger partial charge is 0.293 e. The molecule has 6 nitrogen and oxygen atoms in total. The van der Waals surface area contributed by atoms with Gasteiger partial charge in [-0.1, -0.05) is 29.8 Å². The molecule has 0 amide bonds. The minimum Gasteiger partial charge on any atom is -0.293 e. The molecule has 0 N–H and O–H groups in total. The van der Waals surface area contributed by atoms with Crippen molar-refractivity contribution in [2.45, 2.75) is 11.8 Å². The van der Waals surface area contributed by atoms with E-state index in [2.05, 4.69) is 0 Å². The summed E-state index contributed by atoms with van der Waals surface area (Å²) in [6, 6.07) is 11.2. The van der Waals surface area contributed by atoms with Gasteiger partial charge >= 0.3 is 0 Å². The molecule has 2 aromatic rings. The van der Waals surface area contributed by atoms with Gasteiger partial charge in [-0.2, -0.15) is 0 Å². The molecule has 0 unspecified atom stereocenters. The van der Waals surface area contributed by atoms with E-state index in [0.29, 0.717) is 0 Å². The number of non-ortho nitro benzene ring substituents is 1. The smallest absolute Gasteiger partial charge is 0.270 e. The Balaban J connectivity index is 2.26. The molecule has 0 radical (unpaired) electrons. The molecule has 2 aromatic carbocycles. The number of benzene rings is 2. The highest BCUT2D eigenvalue weighted by Gasteiger charge is 2.21. The fourth-order valence-electron chi connectivity index (χ4n) is 1.88. The summed E-state index contributed by atoms with van der Waals surface area (Å²) < 4.78 is 24.4. The van der Waals surface area contributed by atoms with E-state index >= 15 is 0 Å². The average Bonchev–Trinajstić information content (AvgIpc) is 2.47. The van der Waals surface area contributed by atoms with Crippen LogP contribution in [0.3, 0.4) is 0 Å². The standard InChI is InChI=1S/C15H13NO5S/c1-11-5-7-14(8-6-11)22(20,21)10-15(17)12-3-2-4-13(9-12)16(18)19/h2-9H,10H2,1H3. The van der Waals surface area contributed by atoms with Gasteiger partial charge in [0.1, 0.15) is 5.75 Å². The molecule has 114 valence electrons. The average molecular weight is 319 g/mol. The number of Topliss-reactive ketones (excluding diaryl/α,β-unsaturated/α-hetero) is 1. The molecule has 22 heavy (non-hydrogen) atoms. The van der Waals surface area contributed by atoms with Gasteiger partial charge in [0.05, 0.1) is 9.82 Å². The molecule has 0 aliphatic carbocycles. The summed E-state index contributed by atoms with van der Waals surface area (Å²) in [5.41, 5.74) is 0.660. The van der Waals surface area contributed by atoms with Crippen LogP contribution >= 0.6 is 0 Å². The molecular formula is C15H13NO5S. The van der Waals surface area contributed by atoms with Crippen LogP contribution in [0.5, 0.6) is 0 Å². The van der Waals surface area contributed by atoms with Crippen molar-refractivity contribution in [3.8, 4) is 0 Å². The van der Waals surface area contributed by atoms with E-state index in [1.54, 1.807) is 12.1 Å². The molecule has 2 rings (SSSR count). The fourth-order valence-corrected chi connectivity index (χ4v) is 3.11. The Hall–Kier alpha value is -2.54. The number of nitro benzene ring substituents is 1. The first-order valence-corrected chi connectivity index (χ1v) is 8.02. The summed E-state index contributed by atoms with van der Waals surface area (Å²) in [5, 5.41) is 10.7. The number of nitro groups is 1. The number of ketones is 1. The maximum atomic E-state index is 12.2. The Kier molecular flexibility index (Phi) is 4.37.